The molecule has 1 fully saturated rings. The molecule has 1 aliphatic heterocycles. The first-order valence-electron chi connectivity index (χ1n) is 8.28. The molecule has 1 saturated heterocycles. The number of aryl methyl sites for hydroxylation is 1. The highest BCUT2D eigenvalue weighted by molar-refractivity contribution is 5.59. The van der Waals surface area contributed by atoms with Crippen LogP contribution in [0.2, 0.25) is 0 Å². The molecule has 116 valence electrons. The van der Waals surface area contributed by atoms with Crippen molar-refractivity contribution in [3.63, 3.8) is 0 Å². The number of nitrogens with one attached hydrogen (secondary N) is 1. The molecule has 2 heterocycles. The second kappa shape index (κ2) is 7.25. The van der Waals surface area contributed by atoms with Crippen LogP contribution in [0, 0.1) is 0 Å². The fourth-order valence-electron chi connectivity index (χ4n) is 2.86. The van der Waals surface area contributed by atoms with Crippen LogP contribution in [0.15, 0.2) is 36.7 Å². The summed E-state index contributed by atoms with van der Waals surface area (Å²) >= 11 is 0. The van der Waals surface area contributed by atoms with Crippen LogP contribution in [-0.2, 0) is 6.42 Å². The number of aromatic nitrogens is 2. The summed E-state index contributed by atoms with van der Waals surface area (Å²) < 4.78 is 0. The van der Waals surface area contributed by atoms with Crippen molar-refractivity contribution in [2.45, 2.75) is 39.0 Å². The number of hydrogen-bond donors (Lipinski definition) is 1. The Morgan fingerprint density at radius 1 is 1.00 bits per heavy atom. The normalized spacial score (nSPS) is 15.4. The Morgan fingerprint density at radius 3 is 2.41 bits per heavy atom. The fraction of sp³-hybridized carbons (Fsp3) is 0.444. The van der Waals surface area contributed by atoms with E-state index in [2.05, 4.69) is 57.4 Å². The van der Waals surface area contributed by atoms with Crippen molar-refractivity contribution in [3.8, 4) is 0 Å². The molecule has 0 atom stereocenters. The molecule has 1 aromatic carbocycles. The zero-order valence-electron chi connectivity index (χ0n) is 13.3. The highest BCUT2D eigenvalue weighted by Crippen LogP contribution is 2.21. The highest BCUT2D eigenvalue weighted by Gasteiger charge is 2.11. The van der Waals surface area contributed by atoms with Crippen LogP contribution in [-0.4, -0.2) is 23.1 Å². The van der Waals surface area contributed by atoms with Crippen LogP contribution in [0.1, 0.15) is 38.2 Å². The summed E-state index contributed by atoms with van der Waals surface area (Å²) in [5, 5.41) is 3.37. The molecule has 22 heavy (non-hydrogen) atoms. The second-order valence-electron chi connectivity index (χ2n) is 5.84. The van der Waals surface area contributed by atoms with Crippen molar-refractivity contribution in [1.29, 1.82) is 0 Å². The van der Waals surface area contributed by atoms with Gasteiger partial charge in [-0.2, -0.15) is 0 Å². The Morgan fingerprint density at radius 2 is 1.73 bits per heavy atom. The van der Waals surface area contributed by atoms with Gasteiger partial charge in [-0.3, -0.25) is 0 Å². The average Bonchev–Trinajstić information content (AvgIpc) is 2.85. The zero-order valence-corrected chi connectivity index (χ0v) is 13.3. The van der Waals surface area contributed by atoms with Crippen molar-refractivity contribution >= 4 is 17.3 Å². The zero-order chi connectivity index (χ0) is 15.2. The molecule has 2 aromatic rings. The van der Waals surface area contributed by atoms with Gasteiger partial charge >= 0.3 is 0 Å². The van der Waals surface area contributed by atoms with Gasteiger partial charge in [0.25, 0.3) is 0 Å². The first-order valence-corrected chi connectivity index (χ1v) is 8.28. The maximum Gasteiger partial charge on any atom is 0.135 e. The van der Waals surface area contributed by atoms with E-state index < -0.39 is 0 Å². The smallest absolute Gasteiger partial charge is 0.135 e. The molecule has 0 radical (unpaired) electrons. The van der Waals surface area contributed by atoms with E-state index in [-0.39, 0.29) is 0 Å². The van der Waals surface area contributed by atoms with Crippen LogP contribution >= 0.6 is 0 Å². The Kier molecular flexibility index (Phi) is 4.88. The number of rotatable bonds is 4. The van der Waals surface area contributed by atoms with E-state index in [1.54, 1.807) is 6.33 Å². The largest absolute Gasteiger partial charge is 0.356 e. The van der Waals surface area contributed by atoms with Crippen molar-refractivity contribution in [2.24, 2.45) is 0 Å². The van der Waals surface area contributed by atoms with E-state index >= 15 is 0 Å². The van der Waals surface area contributed by atoms with Gasteiger partial charge in [0.05, 0.1) is 0 Å². The Hall–Kier alpha value is -2.10. The third-order valence-electron chi connectivity index (χ3n) is 4.22. The van der Waals surface area contributed by atoms with Crippen LogP contribution in [0.4, 0.5) is 17.3 Å². The van der Waals surface area contributed by atoms with Gasteiger partial charge in [0.15, 0.2) is 0 Å². The third kappa shape index (κ3) is 3.75. The van der Waals surface area contributed by atoms with Gasteiger partial charge in [0.2, 0.25) is 0 Å². The molecule has 0 saturated carbocycles. The minimum atomic E-state index is 0.860. The predicted molar refractivity (Wildman–Crippen MR) is 91.8 cm³/mol. The summed E-state index contributed by atoms with van der Waals surface area (Å²) in [7, 11) is 0. The lowest BCUT2D eigenvalue weighted by atomic mass is 10.1. The Balaban J connectivity index is 1.72. The molecular formula is C18H24N4. The molecule has 0 unspecified atom stereocenters. The SMILES string of the molecule is CCc1ccc(Nc2cc(N3CCCCCC3)ncn2)cc1. The van der Waals surface area contributed by atoms with Gasteiger partial charge in [-0.1, -0.05) is 31.9 Å². The summed E-state index contributed by atoms with van der Waals surface area (Å²) in [6.45, 7) is 4.36. The fourth-order valence-corrected chi connectivity index (χ4v) is 2.86. The monoisotopic (exact) mass is 296 g/mol. The number of nitrogens with zero attached hydrogens (tertiary/aromatic N) is 3. The van der Waals surface area contributed by atoms with Gasteiger partial charge in [0.1, 0.15) is 18.0 Å². The van der Waals surface area contributed by atoms with Gasteiger partial charge < -0.3 is 10.2 Å². The first-order chi connectivity index (χ1) is 10.8. The number of benzene rings is 1. The van der Waals surface area contributed by atoms with Crippen molar-refractivity contribution in [3.05, 3.63) is 42.2 Å². The third-order valence-corrected chi connectivity index (χ3v) is 4.22. The minimum absolute atomic E-state index is 0.860. The van der Waals surface area contributed by atoms with E-state index in [1.165, 1.54) is 31.2 Å². The standard InChI is InChI=1S/C18H24N4/c1-2-15-7-9-16(10-8-15)21-17-13-18(20-14-19-17)22-11-5-3-4-6-12-22/h7-10,13-14H,2-6,11-12H2,1H3,(H,19,20,21). The molecule has 0 amide bonds. The summed E-state index contributed by atoms with van der Waals surface area (Å²) in [4.78, 5) is 11.2. The molecule has 1 aliphatic rings. The van der Waals surface area contributed by atoms with E-state index in [0.29, 0.717) is 0 Å². The lowest BCUT2D eigenvalue weighted by molar-refractivity contribution is 0.726. The van der Waals surface area contributed by atoms with Gasteiger partial charge in [-0.15, -0.1) is 0 Å². The summed E-state index contributed by atoms with van der Waals surface area (Å²) in [6.07, 6.45) is 7.89. The molecule has 0 bridgehead atoms. The molecular weight excluding hydrogens is 272 g/mol. The van der Waals surface area contributed by atoms with Gasteiger partial charge in [-0.05, 0) is 37.0 Å². The molecule has 4 nitrogen and oxygen atoms in total. The molecule has 1 aromatic heterocycles. The number of anilines is 3. The first kappa shape index (κ1) is 14.8. The summed E-state index contributed by atoms with van der Waals surface area (Å²) in [5.41, 5.74) is 2.41. The molecule has 4 heteroatoms. The highest BCUT2D eigenvalue weighted by atomic mass is 15.2. The van der Waals surface area contributed by atoms with Crippen molar-refractivity contribution in [2.75, 3.05) is 23.3 Å². The molecule has 0 aliphatic carbocycles. The minimum Gasteiger partial charge on any atom is -0.356 e. The van der Waals surface area contributed by atoms with E-state index in [4.69, 9.17) is 0 Å². The van der Waals surface area contributed by atoms with Crippen LogP contribution in [0.5, 0.6) is 0 Å². The molecule has 3 rings (SSSR count). The van der Waals surface area contributed by atoms with Crippen LogP contribution in [0.25, 0.3) is 0 Å². The second-order valence-corrected chi connectivity index (χ2v) is 5.84. The van der Waals surface area contributed by atoms with E-state index in [1.807, 2.05) is 0 Å². The van der Waals surface area contributed by atoms with E-state index in [0.717, 1.165) is 36.8 Å². The van der Waals surface area contributed by atoms with Gasteiger partial charge in [-0.25, -0.2) is 9.97 Å². The van der Waals surface area contributed by atoms with Crippen LogP contribution in [0.3, 0.4) is 0 Å². The summed E-state index contributed by atoms with van der Waals surface area (Å²) in [6, 6.07) is 10.6. The topological polar surface area (TPSA) is 41.0 Å². The van der Waals surface area contributed by atoms with Crippen molar-refractivity contribution < 1.29 is 0 Å². The quantitative estimate of drug-likeness (QED) is 0.919. The maximum absolute atomic E-state index is 4.45. The maximum atomic E-state index is 4.45. The van der Waals surface area contributed by atoms with E-state index in [9.17, 15) is 0 Å². The van der Waals surface area contributed by atoms with Gasteiger partial charge in [0, 0.05) is 24.8 Å². The summed E-state index contributed by atoms with van der Waals surface area (Å²) in [5.74, 6) is 1.89. The van der Waals surface area contributed by atoms with Crippen LogP contribution < -0.4 is 10.2 Å². The van der Waals surface area contributed by atoms with Crippen molar-refractivity contribution in [1.82, 2.24) is 9.97 Å². The lowest BCUT2D eigenvalue weighted by Crippen LogP contribution is -2.24. The Labute approximate surface area is 132 Å². The predicted octanol–water partition coefficient (Wildman–Crippen LogP) is 4.16. The molecule has 1 N–H and O–H groups in total. The number of hydrogen-bond acceptors (Lipinski definition) is 4. The molecule has 0 spiro atoms. The lowest BCUT2D eigenvalue weighted by Gasteiger charge is -2.21. The Bertz CT molecular complexity index is 586. The average molecular weight is 296 g/mol.